The van der Waals surface area contributed by atoms with Crippen LogP contribution in [0, 0.1) is 5.82 Å². The SMILES string of the molecule is CC(F)(F)c1ccc(CNc2cnn(C3CC3)c2)c(F)c1. The predicted molar refractivity (Wildman–Crippen MR) is 73.8 cm³/mol. The van der Waals surface area contributed by atoms with Crippen LogP contribution in [0.1, 0.15) is 36.9 Å². The summed E-state index contributed by atoms with van der Waals surface area (Å²) in [5.74, 6) is -3.66. The molecule has 1 aliphatic carbocycles. The second-order valence-electron chi connectivity index (χ2n) is 5.49. The minimum Gasteiger partial charge on any atom is -0.378 e. The third kappa shape index (κ3) is 3.20. The highest BCUT2D eigenvalue weighted by Gasteiger charge is 2.25. The molecule has 0 saturated heterocycles. The fourth-order valence-electron chi connectivity index (χ4n) is 2.13. The zero-order valence-corrected chi connectivity index (χ0v) is 11.6. The van der Waals surface area contributed by atoms with Crippen molar-refractivity contribution in [2.75, 3.05) is 5.32 Å². The second kappa shape index (κ2) is 5.09. The van der Waals surface area contributed by atoms with Gasteiger partial charge in [-0.1, -0.05) is 12.1 Å². The molecule has 1 fully saturated rings. The summed E-state index contributed by atoms with van der Waals surface area (Å²) in [4.78, 5) is 0. The van der Waals surface area contributed by atoms with Crippen LogP contribution in [0.4, 0.5) is 18.9 Å². The molecule has 0 amide bonds. The minimum absolute atomic E-state index is 0.234. The number of halogens is 3. The maximum absolute atomic E-state index is 13.8. The number of alkyl halides is 2. The molecule has 0 unspecified atom stereocenters. The first-order valence-corrected chi connectivity index (χ1v) is 6.88. The highest BCUT2D eigenvalue weighted by atomic mass is 19.3. The van der Waals surface area contributed by atoms with E-state index in [2.05, 4.69) is 10.4 Å². The first-order valence-electron chi connectivity index (χ1n) is 6.88. The Balaban J connectivity index is 1.66. The van der Waals surface area contributed by atoms with Crippen molar-refractivity contribution in [3.05, 3.63) is 47.5 Å². The van der Waals surface area contributed by atoms with Crippen molar-refractivity contribution < 1.29 is 13.2 Å². The second-order valence-corrected chi connectivity index (χ2v) is 5.49. The van der Waals surface area contributed by atoms with Gasteiger partial charge in [-0.25, -0.2) is 13.2 Å². The fourth-order valence-corrected chi connectivity index (χ4v) is 2.13. The van der Waals surface area contributed by atoms with Crippen molar-refractivity contribution in [3.63, 3.8) is 0 Å². The van der Waals surface area contributed by atoms with Crippen LogP contribution >= 0.6 is 0 Å². The van der Waals surface area contributed by atoms with Gasteiger partial charge in [0.15, 0.2) is 0 Å². The molecule has 1 aromatic heterocycles. The van der Waals surface area contributed by atoms with Crippen molar-refractivity contribution >= 4 is 5.69 Å². The van der Waals surface area contributed by atoms with E-state index in [4.69, 9.17) is 0 Å². The lowest BCUT2D eigenvalue weighted by molar-refractivity contribution is 0.0171. The Morgan fingerprint density at radius 2 is 2.14 bits per heavy atom. The number of nitrogens with zero attached hydrogens (tertiary/aromatic N) is 2. The predicted octanol–water partition coefficient (Wildman–Crippen LogP) is 4.08. The summed E-state index contributed by atoms with van der Waals surface area (Å²) in [5, 5.41) is 7.27. The van der Waals surface area contributed by atoms with Crippen LogP contribution in [0.5, 0.6) is 0 Å². The van der Waals surface area contributed by atoms with Crippen LogP contribution in [0.2, 0.25) is 0 Å². The number of nitrogens with one attached hydrogen (secondary N) is 1. The third-order valence-corrected chi connectivity index (χ3v) is 3.57. The zero-order chi connectivity index (χ0) is 15.0. The summed E-state index contributed by atoms with van der Waals surface area (Å²) in [7, 11) is 0. The van der Waals surface area contributed by atoms with Crippen LogP contribution in [0.3, 0.4) is 0 Å². The Bertz CT molecular complexity index is 642. The van der Waals surface area contributed by atoms with E-state index in [9.17, 15) is 13.2 Å². The average Bonchev–Trinajstić information content (AvgIpc) is 3.16. The molecule has 6 heteroatoms. The molecular weight excluding hydrogens is 279 g/mol. The molecule has 21 heavy (non-hydrogen) atoms. The molecular formula is C15H16F3N3. The molecule has 1 saturated carbocycles. The smallest absolute Gasteiger partial charge is 0.270 e. The van der Waals surface area contributed by atoms with E-state index in [0.717, 1.165) is 31.5 Å². The standard InChI is InChI=1S/C15H16F3N3/c1-15(17,18)11-3-2-10(14(16)6-11)7-19-12-8-20-21(9-12)13-4-5-13/h2-3,6,8-9,13,19H,4-5,7H2,1H3. The van der Waals surface area contributed by atoms with E-state index in [1.54, 1.807) is 6.20 Å². The molecule has 0 aliphatic heterocycles. The van der Waals surface area contributed by atoms with Crippen molar-refractivity contribution in [2.24, 2.45) is 0 Å². The van der Waals surface area contributed by atoms with E-state index in [1.807, 2.05) is 10.9 Å². The lowest BCUT2D eigenvalue weighted by Crippen LogP contribution is -2.09. The van der Waals surface area contributed by atoms with E-state index >= 15 is 0 Å². The first-order chi connectivity index (χ1) is 9.93. The van der Waals surface area contributed by atoms with Crippen molar-refractivity contribution in [2.45, 2.75) is 38.3 Å². The van der Waals surface area contributed by atoms with Gasteiger partial charge in [0.2, 0.25) is 0 Å². The van der Waals surface area contributed by atoms with Gasteiger partial charge in [0.1, 0.15) is 5.82 Å². The highest BCUT2D eigenvalue weighted by Crippen LogP contribution is 2.34. The Kier molecular flexibility index (Phi) is 3.39. The van der Waals surface area contributed by atoms with Gasteiger partial charge < -0.3 is 5.32 Å². The quantitative estimate of drug-likeness (QED) is 0.900. The maximum Gasteiger partial charge on any atom is 0.270 e. The van der Waals surface area contributed by atoms with E-state index in [-0.39, 0.29) is 12.1 Å². The molecule has 112 valence electrons. The number of anilines is 1. The van der Waals surface area contributed by atoms with Gasteiger partial charge in [-0.2, -0.15) is 5.10 Å². The number of benzene rings is 1. The molecule has 1 N–H and O–H groups in total. The van der Waals surface area contributed by atoms with Crippen molar-refractivity contribution in [1.82, 2.24) is 9.78 Å². The molecule has 0 spiro atoms. The Morgan fingerprint density at radius 3 is 2.76 bits per heavy atom. The summed E-state index contributed by atoms with van der Waals surface area (Å²) in [6.45, 7) is 0.990. The Morgan fingerprint density at radius 1 is 1.38 bits per heavy atom. The summed E-state index contributed by atoms with van der Waals surface area (Å²) in [5.41, 5.74) is 0.832. The molecule has 3 nitrogen and oxygen atoms in total. The van der Waals surface area contributed by atoms with Crippen molar-refractivity contribution in [1.29, 1.82) is 0 Å². The Hall–Kier alpha value is -1.98. The number of hydrogen-bond acceptors (Lipinski definition) is 2. The van der Waals surface area contributed by atoms with Gasteiger partial charge in [-0.3, -0.25) is 4.68 Å². The van der Waals surface area contributed by atoms with E-state index in [1.165, 1.54) is 12.1 Å². The summed E-state index contributed by atoms with van der Waals surface area (Å²) < 4.78 is 41.9. The monoisotopic (exact) mass is 295 g/mol. The summed E-state index contributed by atoms with van der Waals surface area (Å²) in [6.07, 6.45) is 5.85. The zero-order valence-electron chi connectivity index (χ0n) is 11.6. The molecule has 1 aliphatic rings. The van der Waals surface area contributed by atoms with Crippen LogP contribution in [-0.4, -0.2) is 9.78 Å². The van der Waals surface area contributed by atoms with Crippen LogP contribution in [-0.2, 0) is 12.5 Å². The third-order valence-electron chi connectivity index (χ3n) is 3.57. The average molecular weight is 295 g/mol. The molecule has 3 rings (SSSR count). The summed E-state index contributed by atoms with van der Waals surface area (Å²) >= 11 is 0. The van der Waals surface area contributed by atoms with Gasteiger partial charge in [0.05, 0.1) is 17.9 Å². The molecule has 2 aromatic rings. The number of hydrogen-bond donors (Lipinski definition) is 1. The largest absolute Gasteiger partial charge is 0.378 e. The van der Waals surface area contributed by atoms with Crippen LogP contribution in [0.15, 0.2) is 30.6 Å². The minimum atomic E-state index is -3.03. The van der Waals surface area contributed by atoms with Crippen LogP contribution < -0.4 is 5.32 Å². The van der Waals surface area contributed by atoms with Gasteiger partial charge in [-0.15, -0.1) is 0 Å². The van der Waals surface area contributed by atoms with E-state index in [0.29, 0.717) is 11.6 Å². The van der Waals surface area contributed by atoms with Gasteiger partial charge in [0.25, 0.3) is 5.92 Å². The number of aromatic nitrogens is 2. The molecule has 0 radical (unpaired) electrons. The topological polar surface area (TPSA) is 29.9 Å². The Labute approximate surface area is 120 Å². The highest BCUT2D eigenvalue weighted by molar-refractivity contribution is 5.40. The van der Waals surface area contributed by atoms with Gasteiger partial charge in [0, 0.05) is 30.8 Å². The van der Waals surface area contributed by atoms with Crippen LogP contribution in [0.25, 0.3) is 0 Å². The lowest BCUT2D eigenvalue weighted by atomic mass is 10.1. The number of rotatable bonds is 5. The van der Waals surface area contributed by atoms with Gasteiger partial charge >= 0.3 is 0 Å². The molecule has 0 atom stereocenters. The molecule has 1 heterocycles. The van der Waals surface area contributed by atoms with Gasteiger partial charge in [-0.05, 0) is 18.9 Å². The van der Waals surface area contributed by atoms with E-state index < -0.39 is 11.7 Å². The first kappa shape index (κ1) is 14.0. The maximum atomic E-state index is 13.8. The fraction of sp³-hybridized carbons (Fsp3) is 0.400. The normalized spacial score (nSPS) is 15.2. The molecule has 0 bridgehead atoms. The lowest BCUT2D eigenvalue weighted by Gasteiger charge is -2.12. The van der Waals surface area contributed by atoms with Crippen molar-refractivity contribution in [3.8, 4) is 0 Å². The summed E-state index contributed by atoms with van der Waals surface area (Å²) in [6, 6.07) is 4.03. The molecule has 1 aromatic carbocycles.